The molecule has 2 heterocycles. The lowest BCUT2D eigenvalue weighted by Crippen LogP contribution is -2.42. The normalized spacial score (nSPS) is 22.2. The van der Waals surface area contributed by atoms with Gasteiger partial charge in [0, 0.05) is 36.2 Å². The number of amides is 1. The number of alkyl halides is 3. The fraction of sp³-hybridized carbons (Fsp3) is 0.615. The molecule has 1 amide bonds. The number of aromatic nitrogens is 1. The van der Waals surface area contributed by atoms with Crippen LogP contribution in [0.3, 0.4) is 0 Å². The molecule has 0 atom stereocenters. The van der Waals surface area contributed by atoms with E-state index in [0.29, 0.717) is 19.1 Å². The van der Waals surface area contributed by atoms with E-state index in [1.807, 2.05) is 49.9 Å². The summed E-state index contributed by atoms with van der Waals surface area (Å²) in [6.45, 7) is 6.30. The lowest BCUT2D eigenvalue weighted by Gasteiger charge is -2.33. The van der Waals surface area contributed by atoms with Gasteiger partial charge in [-0.2, -0.15) is 13.2 Å². The highest BCUT2D eigenvalue weighted by Crippen LogP contribution is 2.35. The number of piperidine rings is 1. The fourth-order valence-electron chi connectivity index (χ4n) is 4.91. The Balaban J connectivity index is 1.29. The highest BCUT2D eigenvalue weighted by Gasteiger charge is 2.41. The predicted molar refractivity (Wildman–Crippen MR) is 132 cm³/mol. The zero-order chi connectivity index (χ0) is 25.2. The zero-order valence-electron chi connectivity index (χ0n) is 20.6. The largest absolute Gasteiger partial charge is 0.444 e. The average molecular weight is 493 g/mol. The number of pyridine rings is 1. The number of rotatable bonds is 4. The molecule has 2 aliphatic rings. The van der Waals surface area contributed by atoms with Gasteiger partial charge in [0.15, 0.2) is 0 Å². The zero-order valence-corrected chi connectivity index (χ0v) is 20.6. The molecule has 35 heavy (non-hydrogen) atoms. The Bertz CT molecular complexity index is 1020. The molecule has 1 aliphatic heterocycles. The first-order valence-corrected chi connectivity index (χ1v) is 12.4. The van der Waals surface area contributed by atoms with Gasteiger partial charge in [0.2, 0.25) is 0 Å². The lowest BCUT2D eigenvalue weighted by atomic mass is 9.91. The molecule has 1 aromatic carbocycles. The molecule has 0 unspecified atom stereocenters. The molecule has 9 heteroatoms. The fourth-order valence-corrected chi connectivity index (χ4v) is 4.91. The minimum Gasteiger partial charge on any atom is -0.444 e. The Morgan fingerprint density at radius 3 is 2.26 bits per heavy atom. The minimum atomic E-state index is -4.11. The maximum atomic E-state index is 12.9. The molecule has 1 aliphatic carbocycles. The molecule has 4 rings (SSSR count). The molecule has 2 aromatic rings. The van der Waals surface area contributed by atoms with Crippen molar-refractivity contribution in [1.82, 2.24) is 10.3 Å². The maximum absolute atomic E-state index is 12.9. The van der Waals surface area contributed by atoms with Crippen LogP contribution in [0, 0.1) is 5.92 Å². The quantitative estimate of drug-likeness (QED) is 0.527. The number of hydrogen-bond acceptors (Lipinski definition) is 5. The van der Waals surface area contributed by atoms with Gasteiger partial charge in [0.1, 0.15) is 11.4 Å². The maximum Gasteiger partial charge on any atom is 0.407 e. The highest BCUT2D eigenvalue weighted by atomic mass is 19.4. The van der Waals surface area contributed by atoms with Gasteiger partial charge in [0.05, 0.1) is 11.4 Å². The first-order valence-electron chi connectivity index (χ1n) is 12.4. The summed E-state index contributed by atoms with van der Waals surface area (Å²) in [6.07, 6.45) is -0.572. The number of hydrogen-bond donors (Lipinski definition) is 2. The Kier molecular flexibility index (Phi) is 7.33. The molecule has 6 nitrogen and oxygen atoms in total. The molecule has 0 spiro atoms. The molecule has 192 valence electrons. The Hall–Kier alpha value is -2.71. The number of anilines is 2. The molecule has 1 saturated heterocycles. The van der Waals surface area contributed by atoms with Crippen molar-refractivity contribution in [3.8, 4) is 0 Å². The Morgan fingerprint density at radius 2 is 1.63 bits per heavy atom. The second-order valence-corrected chi connectivity index (χ2v) is 10.7. The van der Waals surface area contributed by atoms with Crippen LogP contribution in [0.25, 0.3) is 10.9 Å². The molecule has 1 aromatic heterocycles. The molecular weight excluding hydrogens is 457 g/mol. The van der Waals surface area contributed by atoms with Crippen molar-refractivity contribution in [2.24, 2.45) is 5.92 Å². The molecule has 1 saturated carbocycles. The van der Waals surface area contributed by atoms with Gasteiger partial charge in [0.25, 0.3) is 0 Å². The van der Waals surface area contributed by atoms with Crippen molar-refractivity contribution in [2.45, 2.75) is 83.2 Å². The molecule has 2 fully saturated rings. The third-order valence-electron chi connectivity index (χ3n) is 6.78. The van der Waals surface area contributed by atoms with Gasteiger partial charge in [-0.05, 0) is 89.6 Å². The predicted octanol–water partition coefficient (Wildman–Crippen LogP) is 6.26. The first-order chi connectivity index (χ1) is 16.5. The van der Waals surface area contributed by atoms with E-state index in [-0.39, 0.29) is 25.0 Å². The summed E-state index contributed by atoms with van der Waals surface area (Å²) in [5.74, 6) is -0.481. The van der Waals surface area contributed by atoms with Gasteiger partial charge in [-0.3, -0.25) is 0 Å². The summed E-state index contributed by atoms with van der Waals surface area (Å²) in [6, 6.07) is 10.4. The van der Waals surface area contributed by atoms with E-state index in [0.717, 1.165) is 48.1 Å². The topological polar surface area (TPSA) is 66.5 Å². The summed E-state index contributed by atoms with van der Waals surface area (Å²) in [5.41, 5.74) is 1.34. The van der Waals surface area contributed by atoms with Crippen LogP contribution in [0.4, 0.5) is 29.5 Å². The van der Waals surface area contributed by atoms with Gasteiger partial charge >= 0.3 is 12.3 Å². The number of ether oxygens (including phenoxy) is 1. The molecule has 0 radical (unpaired) electrons. The van der Waals surface area contributed by atoms with Gasteiger partial charge in [-0.15, -0.1) is 0 Å². The van der Waals surface area contributed by atoms with E-state index in [1.54, 1.807) is 0 Å². The van der Waals surface area contributed by atoms with Crippen LogP contribution in [0.5, 0.6) is 0 Å². The monoisotopic (exact) mass is 492 g/mol. The Morgan fingerprint density at radius 1 is 0.971 bits per heavy atom. The number of halogens is 3. The number of benzene rings is 1. The second-order valence-electron chi connectivity index (χ2n) is 10.7. The number of fused-ring (bicyclic) bond motifs is 1. The summed E-state index contributed by atoms with van der Waals surface area (Å²) < 4.78 is 44.2. The average Bonchev–Trinajstić information content (AvgIpc) is 2.78. The number of nitrogens with one attached hydrogen (secondary N) is 2. The molecular formula is C26H35F3N4O2. The van der Waals surface area contributed by atoms with Gasteiger partial charge in [-0.1, -0.05) is 0 Å². The van der Waals surface area contributed by atoms with Crippen LogP contribution in [0.1, 0.15) is 59.3 Å². The summed E-state index contributed by atoms with van der Waals surface area (Å²) in [7, 11) is 0. The van der Waals surface area contributed by atoms with Crippen LogP contribution in [-0.4, -0.2) is 48.0 Å². The van der Waals surface area contributed by atoms with Crippen LogP contribution in [0.15, 0.2) is 30.3 Å². The van der Waals surface area contributed by atoms with Crippen LogP contribution in [-0.2, 0) is 4.74 Å². The van der Waals surface area contributed by atoms with Crippen LogP contribution in [0.2, 0.25) is 0 Å². The standard InChI is InChI=1S/C26H35F3N4O2/c1-25(2,3)35-24(34)31-20-7-5-19(6-8-20)30-21-9-10-22-17(16-21)4-11-23(32-22)33-14-12-18(13-15-33)26(27,28)29/h4,9-11,16,18-20,30H,5-8,12-15H2,1-3H3,(H,31,34). The van der Waals surface area contributed by atoms with Crippen LogP contribution >= 0.6 is 0 Å². The van der Waals surface area contributed by atoms with E-state index in [4.69, 9.17) is 9.72 Å². The van der Waals surface area contributed by atoms with Crippen molar-refractivity contribution in [3.05, 3.63) is 30.3 Å². The van der Waals surface area contributed by atoms with E-state index in [2.05, 4.69) is 16.7 Å². The summed E-state index contributed by atoms with van der Waals surface area (Å²) in [4.78, 5) is 18.6. The summed E-state index contributed by atoms with van der Waals surface area (Å²) >= 11 is 0. The SMILES string of the molecule is CC(C)(C)OC(=O)NC1CCC(Nc2ccc3nc(N4CCC(C(F)(F)F)CC4)ccc3c2)CC1. The van der Waals surface area contributed by atoms with Crippen LogP contribution < -0.4 is 15.5 Å². The highest BCUT2D eigenvalue weighted by molar-refractivity contribution is 5.84. The Labute approximate surface area is 204 Å². The van der Waals surface area contributed by atoms with Crippen molar-refractivity contribution in [3.63, 3.8) is 0 Å². The van der Waals surface area contributed by atoms with Gasteiger partial charge in [-0.25, -0.2) is 9.78 Å². The van der Waals surface area contributed by atoms with Gasteiger partial charge < -0.3 is 20.3 Å². The number of alkyl carbamates (subject to hydrolysis) is 1. The smallest absolute Gasteiger partial charge is 0.407 e. The minimum absolute atomic E-state index is 0.113. The van der Waals surface area contributed by atoms with Crippen molar-refractivity contribution >= 4 is 28.5 Å². The lowest BCUT2D eigenvalue weighted by molar-refractivity contribution is -0.179. The number of nitrogens with zero attached hydrogens (tertiary/aromatic N) is 2. The van der Waals surface area contributed by atoms with E-state index >= 15 is 0 Å². The third-order valence-corrected chi connectivity index (χ3v) is 6.78. The first kappa shape index (κ1) is 25.4. The number of carbonyl (C=O) groups excluding carboxylic acids is 1. The van der Waals surface area contributed by atoms with Crippen molar-refractivity contribution < 1.29 is 22.7 Å². The van der Waals surface area contributed by atoms with E-state index in [9.17, 15) is 18.0 Å². The molecule has 0 bridgehead atoms. The molecule has 2 N–H and O–H groups in total. The number of carbonyl (C=O) groups is 1. The van der Waals surface area contributed by atoms with E-state index in [1.165, 1.54) is 0 Å². The third kappa shape index (κ3) is 6.92. The second kappa shape index (κ2) is 10.1. The van der Waals surface area contributed by atoms with Crippen molar-refractivity contribution in [1.29, 1.82) is 0 Å². The van der Waals surface area contributed by atoms with Crippen molar-refractivity contribution in [2.75, 3.05) is 23.3 Å². The van der Waals surface area contributed by atoms with E-state index < -0.39 is 17.7 Å². The summed E-state index contributed by atoms with van der Waals surface area (Å²) in [5, 5.41) is 7.55.